The van der Waals surface area contributed by atoms with Gasteiger partial charge in [0, 0.05) is 0 Å². The highest BCUT2D eigenvalue weighted by molar-refractivity contribution is 6.33. The van der Waals surface area contributed by atoms with Gasteiger partial charge in [-0.1, -0.05) is 30.7 Å². The molecular formula is C19H20ClFN2O2. The first-order valence-corrected chi connectivity index (χ1v) is 8.61. The van der Waals surface area contributed by atoms with Crippen molar-refractivity contribution in [3.8, 4) is 5.75 Å². The van der Waals surface area contributed by atoms with E-state index < -0.39 is 5.82 Å². The number of nitrogens with zero attached hydrogens (tertiary/aromatic N) is 1. The number of aryl methyl sites for hydroxylation is 2. The summed E-state index contributed by atoms with van der Waals surface area (Å²) >= 11 is 5.98. The van der Waals surface area contributed by atoms with Crippen LogP contribution in [0.2, 0.25) is 5.02 Å². The fourth-order valence-electron chi connectivity index (χ4n) is 2.66. The van der Waals surface area contributed by atoms with Crippen molar-refractivity contribution in [1.29, 1.82) is 0 Å². The van der Waals surface area contributed by atoms with Crippen LogP contribution in [0.1, 0.15) is 18.1 Å². The van der Waals surface area contributed by atoms with Crippen molar-refractivity contribution in [3.63, 3.8) is 0 Å². The van der Waals surface area contributed by atoms with Crippen LogP contribution < -0.4 is 10.1 Å². The van der Waals surface area contributed by atoms with Gasteiger partial charge in [0.1, 0.15) is 17.7 Å². The number of benzene rings is 2. The number of carbonyl (C=O) groups is 1. The Morgan fingerprint density at radius 2 is 2.12 bits per heavy atom. The molecule has 4 nitrogen and oxygen atoms in total. The second-order valence-corrected chi connectivity index (χ2v) is 6.56. The van der Waals surface area contributed by atoms with E-state index in [1.807, 2.05) is 18.2 Å². The number of carbonyl (C=O) groups excluding carboxylic acids is 1. The molecule has 3 rings (SSSR count). The molecule has 1 heterocycles. The van der Waals surface area contributed by atoms with Crippen molar-refractivity contribution >= 4 is 23.3 Å². The molecule has 132 valence electrons. The van der Waals surface area contributed by atoms with Crippen LogP contribution in [0.4, 0.5) is 14.9 Å². The third kappa shape index (κ3) is 4.04. The Morgan fingerprint density at radius 3 is 2.84 bits per heavy atom. The summed E-state index contributed by atoms with van der Waals surface area (Å²) in [4.78, 5) is 13.9. The van der Waals surface area contributed by atoms with Gasteiger partial charge in [-0.25, -0.2) is 9.18 Å². The van der Waals surface area contributed by atoms with Gasteiger partial charge in [0.2, 0.25) is 0 Å². The van der Waals surface area contributed by atoms with Crippen LogP contribution in [0.3, 0.4) is 0 Å². The maximum absolute atomic E-state index is 13.4. The summed E-state index contributed by atoms with van der Waals surface area (Å²) in [5.41, 5.74) is 2.05. The largest absolute Gasteiger partial charge is 0.487 e. The topological polar surface area (TPSA) is 41.6 Å². The first-order chi connectivity index (χ1) is 12.0. The van der Waals surface area contributed by atoms with Crippen LogP contribution in [-0.4, -0.2) is 30.1 Å². The standard InChI is InChI=1S/C19H20ClFN2O2/c1-3-13-5-4-6-14(8-13)25-15-10-23(11-15)19(24)22-18-7-12(2)17(21)9-16(18)20/h4-9,15H,3,10-11H2,1-2H3,(H,22,24). The van der Waals surface area contributed by atoms with Crippen molar-refractivity contribution in [3.05, 3.63) is 58.4 Å². The van der Waals surface area contributed by atoms with E-state index in [1.54, 1.807) is 11.8 Å². The van der Waals surface area contributed by atoms with Gasteiger partial charge in [-0.2, -0.15) is 0 Å². The highest BCUT2D eigenvalue weighted by Gasteiger charge is 2.32. The molecule has 6 heteroatoms. The van der Waals surface area contributed by atoms with Gasteiger partial charge < -0.3 is 15.0 Å². The molecule has 0 saturated carbocycles. The van der Waals surface area contributed by atoms with E-state index in [9.17, 15) is 9.18 Å². The Kier molecular flexibility index (Phi) is 5.13. The fourth-order valence-corrected chi connectivity index (χ4v) is 2.85. The van der Waals surface area contributed by atoms with E-state index in [-0.39, 0.29) is 17.2 Å². The zero-order valence-corrected chi connectivity index (χ0v) is 14.9. The lowest BCUT2D eigenvalue weighted by atomic mass is 10.1. The summed E-state index contributed by atoms with van der Waals surface area (Å²) in [6.45, 7) is 4.72. The number of likely N-dealkylation sites (tertiary alicyclic amines) is 1. The zero-order chi connectivity index (χ0) is 18.0. The number of urea groups is 1. The summed E-state index contributed by atoms with van der Waals surface area (Å²) in [6, 6.07) is 10.4. The Bertz CT molecular complexity index is 791. The third-order valence-electron chi connectivity index (χ3n) is 4.23. The lowest BCUT2D eigenvalue weighted by Crippen LogP contribution is -2.57. The number of anilines is 1. The van der Waals surface area contributed by atoms with Crippen LogP contribution in [0, 0.1) is 12.7 Å². The zero-order valence-electron chi connectivity index (χ0n) is 14.2. The molecule has 1 aliphatic heterocycles. The Labute approximate surface area is 151 Å². The molecule has 2 amide bonds. The molecule has 0 radical (unpaired) electrons. The Hall–Kier alpha value is -2.27. The van der Waals surface area contributed by atoms with Crippen LogP contribution in [0.5, 0.6) is 5.75 Å². The van der Waals surface area contributed by atoms with E-state index >= 15 is 0 Å². The average molecular weight is 363 g/mol. The summed E-state index contributed by atoms with van der Waals surface area (Å²) in [7, 11) is 0. The van der Waals surface area contributed by atoms with Crippen LogP contribution in [0.25, 0.3) is 0 Å². The minimum absolute atomic E-state index is 0.0247. The number of ether oxygens (including phenoxy) is 1. The summed E-state index contributed by atoms with van der Waals surface area (Å²) in [5, 5.41) is 2.90. The van der Waals surface area contributed by atoms with Crippen LogP contribution >= 0.6 is 11.6 Å². The van der Waals surface area contributed by atoms with E-state index in [0.29, 0.717) is 24.3 Å². The number of nitrogens with one attached hydrogen (secondary N) is 1. The van der Waals surface area contributed by atoms with E-state index in [2.05, 4.69) is 18.3 Å². The molecule has 2 aromatic carbocycles. The molecule has 1 aliphatic rings. The van der Waals surface area contributed by atoms with Gasteiger partial charge >= 0.3 is 6.03 Å². The van der Waals surface area contributed by atoms with Crippen LogP contribution in [0.15, 0.2) is 36.4 Å². The molecule has 2 aromatic rings. The van der Waals surface area contributed by atoms with E-state index in [1.165, 1.54) is 17.7 Å². The average Bonchev–Trinajstić information content (AvgIpc) is 2.55. The second-order valence-electron chi connectivity index (χ2n) is 6.16. The summed E-state index contributed by atoms with van der Waals surface area (Å²) in [5.74, 6) is 0.427. The van der Waals surface area contributed by atoms with Crippen molar-refractivity contribution in [2.75, 3.05) is 18.4 Å². The number of hydrogen-bond acceptors (Lipinski definition) is 2. The van der Waals surface area contributed by atoms with Gasteiger partial charge in [-0.15, -0.1) is 0 Å². The maximum atomic E-state index is 13.4. The summed E-state index contributed by atoms with van der Waals surface area (Å²) < 4.78 is 19.3. The van der Waals surface area contributed by atoms with Gasteiger partial charge in [0.25, 0.3) is 0 Å². The quantitative estimate of drug-likeness (QED) is 0.860. The highest BCUT2D eigenvalue weighted by Crippen LogP contribution is 2.26. The summed E-state index contributed by atoms with van der Waals surface area (Å²) in [6.07, 6.45) is 0.928. The highest BCUT2D eigenvalue weighted by atomic mass is 35.5. The molecule has 0 aromatic heterocycles. The fraction of sp³-hybridized carbons (Fsp3) is 0.316. The normalized spacial score (nSPS) is 14.2. The molecule has 0 atom stereocenters. The molecule has 1 N–H and O–H groups in total. The predicted octanol–water partition coefficient (Wildman–Crippen LogP) is 4.65. The third-order valence-corrected chi connectivity index (χ3v) is 4.55. The Balaban J connectivity index is 1.54. The van der Waals surface area contributed by atoms with Gasteiger partial charge in [0.15, 0.2) is 0 Å². The minimum Gasteiger partial charge on any atom is -0.487 e. The Morgan fingerprint density at radius 1 is 1.36 bits per heavy atom. The van der Waals surface area contributed by atoms with Gasteiger partial charge in [0.05, 0.1) is 23.8 Å². The smallest absolute Gasteiger partial charge is 0.322 e. The van der Waals surface area contributed by atoms with E-state index in [4.69, 9.17) is 16.3 Å². The molecule has 0 spiro atoms. The molecule has 1 fully saturated rings. The lowest BCUT2D eigenvalue weighted by molar-refractivity contribution is 0.0492. The van der Waals surface area contributed by atoms with Gasteiger partial charge in [-0.3, -0.25) is 0 Å². The van der Waals surface area contributed by atoms with Crippen LogP contribution in [-0.2, 0) is 6.42 Å². The maximum Gasteiger partial charge on any atom is 0.322 e. The van der Waals surface area contributed by atoms with E-state index in [0.717, 1.165) is 12.2 Å². The molecule has 25 heavy (non-hydrogen) atoms. The SMILES string of the molecule is CCc1cccc(OC2CN(C(=O)Nc3cc(C)c(F)cc3Cl)C2)c1. The first kappa shape index (κ1) is 17.5. The van der Waals surface area contributed by atoms with Crippen molar-refractivity contribution in [1.82, 2.24) is 4.90 Å². The van der Waals surface area contributed by atoms with Crippen molar-refractivity contribution in [2.24, 2.45) is 0 Å². The van der Waals surface area contributed by atoms with Crippen molar-refractivity contribution in [2.45, 2.75) is 26.4 Å². The number of rotatable bonds is 4. The first-order valence-electron chi connectivity index (χ1n) is 8.23. The number of hydrogen-bond donors (Lipinski definition) is 1. The van der Waals surface area contributed by atoms with Gasteiger partial charge in [-0.05, 0) is 48.7 Å². The molecule has 0 bridgehead atoms. The molecule has 0 unspecified atom stereocenters. The second kappa shape index (κ2) is 7.31. The molecular weight excluding hydrogens is 343 g/mol. The minimum atomic E-state index is -0.394. The molecule has 1 saturated heterocycles. The number of amides is 2. The van der Waals surface area contributed by atoms with Crippen molar-refractivity contribution < 1.29 is 13.9 Å². The lowest BCUT2D eigenvalue weighted by Gasteiger charge is -2.38. The molecule has 0 aliphatic carbocycles. The monoisotopic (exact) mass is 362 g/mol. The number of halogens is 2. The predicted molar refractivity (Wildman–Crippen MR) is 97.0 cm³/mol.